The van der Waals surface area contributed by atoms with Gasteiger partial charge in [-0.2, -0.15) is 0 Å². The van der Waals surface area contributed by atoms with Crippen LogP contribution in [-0.2, 0) is 4.74 Å². The number of fused-ring (bicyclic) bond motifs is 1. The van der Waals surface area contributed by atoms with Crippen LogP contribution in [0.1, 0.15) is 46.9 Å². The molecule has 0 saturated carbocycles. The van der Waals surface area contributed by atoms with Crippen LogP contribution in [-0.4, -0.2) is 58.0 Å². The average Bonchev–Trinajstić information content (AvgIpc) is 3.17. The van der Waals surface area contributed by atoms with Crippen molar-refractivity contribution in [3.05, 3.63) is 57.6 Å². The topological polar surface area (TPSA) is 115 Å². The van der Waals surface area contributed by atoms with E-state index >= 15 is 0 Å². The molecule has 3 N–H and O–H groups in total. The summed E-state index contributed by atoms with van der Waals surface area (Å²) in [6.07, 6.45) is -1.00. The number of nitrogens with two attached hydrogens (primary N) is 1. The molecule has 1 fully saturated rings. The van der Waals surface area contributed by atoms with Crippen molar-refractivity contribution in [3.8, 4) is 5.75 Å². The molecule has 0 atom stereocenters. The van der Waals surface area contributed by atoms with Gasteiger partial charge in [0.05, 0.1) is 24.3 Å². The quantitative estimate of drug-likeness (QED) is 0.509. The van der Waals surface area contributed by atoms with E-state index in [1.807, 2.05) is 19.1 Å². The molecule has 1 aromatic carbocycles. The molecule has 0 bridgehead atoms. The normalized spacial score (nSPS) is 17.2. The lowest BCUT2D eigenvalue weighted by molar-refractivity contribution is -0.274. The third-order valence-electron chi connectivity index (χ3n) is 6.81. The molecule has 1 saturated heterocycles. The van der Waals surface area contributed by atoms with Crippen molar-refractivity contribution in [1.29, 1.82) is 0 Å². The summed E-state index contributed by atoms with van der Waals surface area (Å²) in [6.45, 7) is 3.81. The number of nitrogen functional groups attached to an aromatic ring is 1. The van der Waals surface area contributed by atoms with E-state index < -0.39 is 12.1 Å². The van der Waals surface area contributed by atoms with Gasteiger partial charge < -0.3 is 20.1 Å². The number of aryl methyl sites for hydroxylation is 1. The Hall–Kier alpha value is -3.80. The molecule has 0 unspecified atom stereocenters. The number of hydrogen-bond donors (Lipinski definition) is 2. The van der Waals surface area contributed by atoms with Gasteiger partial charge in [0.15, 0.2) is 5.65 Å². The second-order valence-corrected chi connectivity index (χ2v) is 9.16. The number of amides is 1. The van der Waals surface area contributed by atoms with E-state index in [9.17, 15) is 22.8 Å². The molecule has 0 radical (unpaired) electrons. The summed E-state index contributed by atoms with van der Waals surface area (Å²) < 4.78 is 48.4. The van der Waals surface area contributed by atoms with Gasteiger partial charge >= 0.3 is 12.1 Å². The number of halogens is 3. The van der Waals surface area contributed by atoms with Gasteiger partial charge in [0.25, 0.3) is 5.91 Å². The Morgan fingerprint density at radius 3 is 2.65 bits per heavy atom. The fraction of sp³-hybridized carbons (Fsp3) is 0.400. The van der Waals surface area contributed by atoms with Gasteiger partial charge in [0, 0.05) is 42.1 Å². The Morgan fingerprint density at radius 1 is 1.24 bits per heavy atom. The molecule has 9 nitrogen and oxygen atoms in total. The van der Waals surface area contributed by atoms with Crippen LogP contribution < -0.4 is 16.2 Å². The van der Waals surface area contributed by atoms with E-state index in [0.717, 1.165) is 35.4 Å². The van der Waals surface area contributed by atoms with Crippen LogP contribution in [0.25, 0.3) is 16.7 Å². The third kappa shape index (κ3) is 5.06. The van der Waals surface area contributed by atoms with Crippen molar-refractivity contribution in [2.24, 2.45) is 0 Å². The van der Waals surface area contributed by atoms with Crippen molar-refractivity contribution in [2.45, 2.75) is 38.6 Å². The Kier molecular flexibility index (Phi) is 6.44. The largest absolute Gasteiger partial charge is 0.573 e. The van der Waals surface area contributed by atoms with Gasteiger partial charge in [-0.15, -0.1) is 13.2 Å². The highest BCUT2D eigenvalue weighted by molar-refractivity contribution is 5.99. The molecule has 1 amide bonds. The fourth-order valence-electron chi connectivity index (χ4n) is 5.03. The smallest absolute Gasteiger partial charge is 0.406 e. The molecule has 196 valence electrons. The van der Waals surface area contributed by atoms with Crippen LogP contribution in [0, 0.1) is 6.92 Å². The Labute approximate surface area is 209 Å². The zero-order valence-corrected chi connectivity index (χ0v) is 20.1. The highest BCUT2D eigenvalue weighted by Gasteiger charge is 2.32. The van der Waals surface area contributed by atoms with E-state index in [4.69, 9.17) is 10.5 Å². The van der Waals surface area contributed by atoms with Crippen molar-refractivity contribution in [1.82, 2.24) is 19.4 Å². The standard InChI is InChI=1S/C25H26F3N5O4/c1-14-19(15-6-10-36-11-7-15)13-21-22(30-14)31-24(35)33(21)16-4-8-32(9-5-16)23(34)18-3-2-17(12-20(18)29)37-25(26,27)28/h2-3,6,12-13,16H,4-5,7-11,29H2,1H3,(H,30,31,35). The lowest BCUT2D eigenvalue weighted by atomic mass is 9.99. The number of aromatic nitrogens is 3. The number of rotatable bonds is 4. The molecule has 3 aromatic rings. The highest BCUT2D eigenvalue weighted by atomic mass is 19.4. The first-order valence-corrected chi connectivity index (χ1v) is 11.9. The molecule has 0 spiro atoms. The number of carbonyl (C=O) groups excluding carboxylic acids is 1. The Morgan fingerprint density at radius 2 is 2.00 bits per heavy atom. The monoisotopic (exact) mass is 517 g/mol. The summed E-state index contributed by atoms with van der Waals surface area (Å²) in [5, 5.41) is 0. The van der Waals surface area contributed by atoms with E-state index in [2.05, 4.69) is 14.7 Å². The summed E-state index contributed by atoms with van der Waals surface area (Å²) in [5.74, 6) is -0.870. The van der Waals surface area contributed by atoms with E-state index in [1.54, 1.807) is 9.47 Å². The second-order valence-electron chi connectivity index (χ2n) is 9.16. The predicted octanol–water partition coefficient (Wildman–Crippen LogP) is 3.79. The summed E-state index contributed by atoms with van der Waals surface area (Å²) in [6, 6.07) is 5.13. The lowest BCUT2D eigenvalue weighted by Gasteiger charge is -2.33. The lowest BCUT2D eigenvalue weighted by Crippen LogP contribution is -2.40. The Bertz CT molecular complexity index is 1430. The summed E-state index contributed by atoms with van der Waals surface area (Å²) in [5.41, 5.74) is 9.81. The fourth-order valence-corrected chi connectivity index (χ4v) is 5.03. The van der Waals surface area contributed by atoms with E-state index in [0.29, 0.717) is 50.3 Å². The number of aromatic amines is 1. The molecule has 0 aliphatic carbocycles. The van der Waals surface area contributed by atoms with Gasteiger partial charge in [-0.05, 0) is 50.0 Å². The Balaban J connectivity index is 1.34. The maximum atomic E-state index is 13.0. The highest BCUT2D eigenvalue weighted by Crippen LogP contribution is 2.31. The minimum absolute atomic E-state index is 0.0990. The third-order valence-corrected chi connectivity index (χ3v) is 6.81. The number of imidazole rings is 1. The van der Waals surface area contributed by atoms with Crippen LogP contribution >= 0.6 is 0 Å². The number of benzene rings is 1. The van der Waals surface area contributed by atoms with Crippen molar-refractivity contribution in [2.75, 3.05) is 32.0 Å². The van der Waals surface area contributed by atoms with Crippen molar-refractivity contribution >= 4 is 28.3 Å². The van der Waals surface area contributed by atoms with Crippen LogP contribution in [0.4, 0.5) is 18.9 Å². The first-order valence-electron chi connectivity index (χ1n) is 11.9. The number of nitrogens with zero attached hydrogens (tertiary/aromatic N) is 3. The van der Waals surface area contributed by atoms with Crippen LogP contribution in [0.15, 0.2) is 35.1 Å². The summed E-state index contributed by atoms with van der Waals surface area (Å²) in [4.78, 5) is 35.0. The molecule has 5 rings (SSSR count). The molecule has 2 aromatic heterocycles. The number of likely N-dealkylation sites (tertiary alicyclic amines) is 1. The molecule has 12 heteroatoms. The molecule has 2 aliphatic heterocycles. The van der Waals surface area contributed by atoms with Gasteiger partial charge in [-0.1, -0.05) is 6.08 Å². The number of H-pyrrole nitrogens is 1. The molecule has 2 aliphatic rings. The zero-order chi connectivity index (χ0) is 26.3. The molecule has 4 heterocycles. The number of hydrogen-bond acceptors (Lipinski definition) is 6. The number of carbonyl (C=O) groups is 1. The van der Waals surface area contributed by atoms with Gasteiger partial charge in [0.1, 0.15) is 5.75 Å². The molecular formula is C25H26F3N5O4. The van der Waals surface area contributed by atoms with Crippen molar-refractivity contribution in [3.63, 3.8) is 0 Å². The molecule has 37 heavy (non-hydrogen) atoms. The van der Waals surface area contributed by atoms with Gasteiger partial charge in [0.2, 0.25) is 0 Å². The average molecular weight is 518 g/mol. The maximum Gasteiger partial charge on any atom is 0.573 e. The van der Waals surface area contributed by atoms with Gasteiger partial charge in [-0.25, -0.2) is 9.78 Å². The predicted molar refractivity (Wildman–Crippen MR) is 130 cm³/mol. The minimum atomic E-state index is -4.85. The SMILES string of the molecule is Cc1nc2[nH]c(=O)n(C3CCN(C(=O)c4ccc(OC(F)(F)F)cc4N)CC3)c2cc1C1=CCOCC1. The number of ether oxygens (including phenoxy) is 2. The minimum Gasteiger partial charge on any atom is -0.406 e. The number of alkyl halides is 3. The zero-order valence-electron chi connectivity index (χ0n) is 20.1. The second kappa shape index (κ2) is 9.58. The first kappa shape index (κ1) is 24.9. The summed E-state index contributed by atoms with van der Waals surface area (Å²) in [7, 11) is 0. The maximum absolute atomic E-state index is 13.0. The first-order chi connectivity index (χ1) is 17.6. The van der Waals surface area contributed by atoms with Crippen LogP contribution in [0.3, 0.4) is 0 Å². The number of piperidine rings is 1. The molecular weight excluding hydrogens is 491 g/mol. The van der Waals surface area contributed by atoms with E-state index in [-0.39, 0.29) is 28.9 Å². The number of pyridine rings is 1. The van der Waals surface area contributed by atoms with E-state index in [1.165, 1.54) is 6.07 Å². The van der Waals surface area contributed by atoms with Gasteiger partial charge in [-0.3, -0.25) is 14.3 Å². The van der Waals surface area contributed by atoms with Crippen LogP contribution in [0.5, 0.6) is 5.75 Å². The van der Waals surface area contributed by atoms with Crippen LogP contribution in [0.2, 0.25) is 0 Å². The number of anilines is 1. The van der Waals surface area contributed by atoms with Crippen molar-refractivity contribution < 1.29 is 27.4 Å². The number of nitrogens with one attached hydrogen (secondary N) is 1. The summed E-state index contributed by atoms with van der Waals surface area (Å²) >= 11 is 0.